The van der Waals surface area contributed by atoms with Gasteiger partial charge in [0.1, 0.15) is 22.2 Å². The van der Waals surface area contributed by atoms with E-state index >= 15 is 0 Å². The van der Waals surface area contributed by atoms with Gasteiger partial charge >= 0.3 is 11.9 Å². The number of esters is 2. The van der Waals surface area contributed by atoms with Gasteiger partial charge in [-0.05, 0) is 17.7 Å². The minimum atomic E-state index is -0.948. The number of halogens is 1. The summed E-state index contributed by atoms with van der Waals surface area (Å²) in [6.45, 7) is 0. The number of para-hydroxylation sites is 1. The number of allylic oxidation sites excluding steroid dienone is 1. The lowest BCUT2D eigenvalue weighted by Crippen LogP contribution is -2.40. The molecule has 1 aliphatic rings. The van der Waals surface area contributed by atoms with Crippen molar-refractivity contribution in [1.82, 2.24) is 10.2 Å². The molecule has 10 heteroatoms. The van der Waals surface area contributed by atoms with Crippen molar-refractivity contribution in [1.29, 1.82) is 5.26 Å². The van der Waals surface area contributed by atoms with Crippen molar-refractivity contribution in [2.45, 2.75) is 5.92 Å². The summed E-state index contributed by atoms with van der Waals surface area (Å²) in [6.07, 6.45) is 0. The molecule has 1 unspecified atom stereocenters. The highest BCUT2D eigenvalue weighted by Gasteiger charge is 2.43. The van der Waals surface area contributed by atoms with Gasteiger partial charge in [0.15, 0.2) is 0 Å². The number of methoxy groups -OCH3 is 2. The van der Waals surface area contributed by atoms with Crippen molar-refractivity contribution in [3.05, 3.63) is 81.9 Å². The molecule has 0 saturated carbocycles. The second kappa shape index (κ2) is 8.68. The summed E-state index contributed by atoms with van der Waals surface area (Å²) < 4.78 is 10.0. The molecule has 3 aromatic rings. The van der Waals surface area contributed by atoms with Gasteiger partial charge in [-0.2, -0.15) is 10.4 Å². The van der Waals surface area contributed by atoms with Gasteiger partial charge in [0, 0.05) is 5.39 Å². The van der Waals surface area contributed by atoms with E-state index in [0.717, 1.165) is 0 Å². The predicted octanol–water partition coefficient (Wildman–Crippen LogP) is 3.11. The Morgan fingerprint density at radius 3 is 2.45 bits per heavy atom. The normalized spacial score (nSPS) is 16.1. The van der Waals surface area contributed by atoms with Crippen molar-refractivity contribution in [2.24, 2.45) is 5.73 Å². The third-order valence-corrected chi connectivity index (χ3v) is 5.66. The highest BCUT2D eigenvalue weighted by molar-refractivity contribution is 6.34. The molecule has 0 bridgehead atoms. The lowest BCUT2D eigenvalue weighted by molar-refractivity contribution is -0.139. The number of carbonyl (C=O) groups excluding carboxylic acids is 2. The van der Waals surface area contributed by atoms with Crippen LogP contribution in [0.15, 0.2) is 71.2 Å². The van der Waals surface area contributed by atoms with Crippen LogP contribution in [0.25, 0.3) is 10.9 Å². The number of carbonyl (C=O) groups is 2. The zero-order chi connectivity index (χ0) is 23.7. The fourth-order valence-corrected chi connectivity index (χ4v) is 4.13. The molecule has 3 N–H and O–H groups in total. The minimum Gasteiger partial charge on any atom is -0.466 e. The number of rotatable bonds is 4. The van der Waals surface area contributed by atoms with Crippen LogP contribution in [0.3, 0.4) is 0 Å². The molecule has 1 atom stereocenters. The molecule has 0 radical (unpaired) electrons. The number of nitrogens with two attached hydrogens (primary N) is 1. The van der Waals surface area contributed by atoms with Gasteiger partial charge in [-0.1, -0.05) is 48.0 Å². The number of fused-ring (bicyclic) bond motifs is 1. The number of H-pyrrole nitrogens is 1. The number of nitrogens with one attached hydrogen (secondary N) is 1. The number of ether oxygens (including phenoxy) is 2. The standard InChI is InChI=1S/C23H18ClN5O4/c1-32-22(30)17-16(12-7-4-3-5-8-12)14(11-25)21(26)29(19(17)23(31)33-2)15-10-6-9-13-18(15)27-28-20(13)24/h3-10,16H,26H2,1-2H3,(H,27,28). The number of nitrogens with zero attached hydrogens (tertiary/aromatic N) is 3. The molecule has 0 fully saturated rings. The first kappa shape index (κ1) is 21.9. The maximum absolute atomic E-state index is 13.1. The summed E-state index contributed by atoms with van der Waals surface area (Å²) in [5.41, 5.74) is 7.59. The van der Waals surface area contributed by atoms with Gasteiger partial charge in [-0.15, -0.1) is 0 Å². The number of benzene rings is 2. The van der Waals surface area contributed by atoms with Crippen molar-refractivity contribution >= 4 is 40.1 Å². The molecule has 2 heterocycles. The van der Waals surface area contributed by atoms with Crippen LogP contribution < -0.4 is 10.6 Å². The topological polar surface area (TPSA) is 134 Å². The van der Waals surface area contributed by atoms with Crippen molar-refractivity contribution in [2.75, 3.05) is 19.1 Å². The predicted molar refractivity (Wildman–Crippen MR) is 121 cm³/mol. The second-order valence-corrected chi connectivity index (χ2v) is 7.42. The maximum Gasteiger partial charge on any atom is 0.355 e. The van der Waals surface area contributed by atoms with Gasteiger partial charge in [0.25, 0.3) is 0 Å². The molecule has 0 saturated heterocycles. The van der Waals surface area contributed by atoms with Crippen molar-refractivity contribution in [3.8, 4) is 6.07 Å². The molecule has 0 spiro atoms. The average Bonchev–Trinajstić information content (AvgIpc) is 3.23. The monoisotopic (exact) mass is 463 g/mol. The van der Waals surface area contributed by atoms with Gasteiger partial charge in [-0.25, -0.2) is 9.59 Å². The number of anilines is 1. The van der Waals surface area contributed by atoms with Gasteiger partial charge in [-0.3, -0.25) is 10.00 Å². The van der Waals surface area contributed by atoms with Crippen molar-refractivity contribution < 1.29 is 19.1 Å². The largest absolute Gasteiger partial charge is 0.466 e. The molecular weight excluding hydrogens is 446 g/mol. The number of hydrogen-bond donors (Lipinski definition) is 2. The lowest BCUT2D eigenvalue weighted by atomic mass is 9.81. The third kappa shape index (κ3) is 3.46. The van der Waals surface area contributed by atoms with E-state index in [2.05, 4.69) is 16.3 Å². The molecular formula is C23H18ClN5O4. The molecule has 4 rings (SSSR count). The summed E-state index contributed by atoms with van der Waals surface area (Å²) in [4.78, 5) is 27.4. The Balaban J connectivity index is 2.12. The SMILES string of the molecule is COC(=O)C1=C(C(=O)OC)N(c2cccc3c(Cl)[nH]nc23)C(N)=C(C#N)C1c1ccccc1. The van der Waals surface area contributed by atoms with Gasteiger partial charge < -0.3 is 15.2 Å². The fraction of sp³-hybridized carbons (Fsp3) is 0.130. The molecule has 2 aromatic carbocycles. The summed E-state index contributed by atoms with van der Waals surface area (Å²) in [6, 6.07) is 15.9. The molecule has 1 aromatic heterocycles. The lowest BCUT2D eigenvalue weighted by Gasteiger charge is -2.35. The average molecular weight is 464 g/mol. The summed E-state index contributed by atoms with van der Waals surface area (Å²) in [5.74, 6) is -2.64. The van der Waals surface area contributed by atoms with Crippen LogP contribution in [0.5, 0.6) is 0 Å². The van der Waals surface area contributed by atoms with Crippen molar-refractivity contribution in [3.63, 3.8) is 0 Å². The Kier molecular flexibility index (Phi) is 5.77. The molecule has 33 heavy (non-hydrogen) atoms. The molecule has 1 aliphatic heterocycles. The molecule has 0 amide bonds. The van der Waals surface area contributed by atoms with E-state index in [-0.39, 0.29) is 27.8 Å². The molecule has 9 nitrogen and oxygen atoms in total. The molecule has 166 valence electrons. The van der Waals surface area contributed by atoms with E-state index in [0.29, 0.717) is 22.2 Å². The highest BCUT2D eigenvalue weighted by atomic mass is 35.5. The Labute approximate surface area is 193 Å². The summed E-state index contributed by atoms with van der Waals surface area (Å²) in [7, 11) is 2.38. The smallest absolute Gasteiger partial charge is 0.355 e. The Morgan fingerprint density at radius 1 is 1.12 bits per heavy atom. The van der Waals surface area contributed by atoms with Crippen LogP contribution in [0.2, 0.25) is 5.15 Å². The van der Waals surface area contributed by atoms with E-state index in [1.807, 2.05) is 0 Å². The van der Waals surface area contributed by atoms with Crippen LogP contribution in [-0.2, 0) is 19.1 Å². The first-order valence-corrected chi connectivity index (χ1v) is 10.1. The van der Waals surface area contributed by atoms with Crippen LogP contribution in [0.1, 0.15) is 11.5 Å². The molecule has 0 aliphatic carbocycles. The van der Waals surface area contributed by atoms with Crippen LogP contribution >= 0.6 is 11.6 Å². The van der Waals surface area contributed by atoms with Crippen LogP contribution in [-0.4, -0.2) is 36.4 Å². The number of aromatic amines is 1. The number of aromatic nitrogens is 2. The Morgan fingerprint density at radius 2 is 1.82 bits per heavy atom. The number of hydrogen-bond acceptors (Lipinski definition) is 8. The number of nitriles is 1. The Bertz CT molecular complexity index is 1370. The van der Waals surface area contributed by atoms with E-state index in [1.165, 1.54) is 19.1 Å². The maximum atomic E-state index is 13.1. The first-order valence-electron chi connectivity index (χ1n) is 9.72. The van der Waals surface area contributed by atoms with Crippen LogP contribution in [0.4, 0.5) is 5.69 Å². The quantitative estimate of drug-likeness (QED) is 0.563. The van der Waals surface area contributed by atoms with E-state index in [9.17, 15) is 14.9 Å². The first-order chi connectivity index (χ1) is 15.9. The zero-order valence-electron chi connectivity index (χ0n) is 17.6. The van der Waals surface area contributed by atoms with Gasteiger partial charge in [0.2, 0.25) is 0 Å². The minimum absolute atomic E-state index is 0.0500. The second-order valence-electron chi connectivity index (χ2n) is 7.05. The zero-order valence-corrected chi connectivity index (χ0v) is 18.4. The Hall–Kier alpha value is -4.29. The highest BCUT2D eigenvalue weighted by Crippen LogP contribution is 2.44. The third-order valence-electron chi connectivity index (χ3n) is 5.37. The van der Waals surface area contributed by atoms with Gasteiger partial charge in [0.05, 0.1) is 43.0 Å². The summed E-state index contributed by atoms with van der Waals surface area (Å²) in [5, 5.41) is 17.8. The fourth-order valence-electron chi connectivity index (χ4n) is 3.94. The van der Waals surface area contributed by atoms with E-state index in [4.69, 9.17) is 26.8 Å². The van der Waals surface area contributed by atoms with E-state index < -0.39 is 17.9 Å². The van der Waals surface area contributed by atoms with Crippen LogP contribution in [0, 0.1) is 11.3 Å². The van der Waals surface area contributed by atoms with E-state index in [1.54, 1.807) is 48.5 Å². The summed E-state index contributed by atoms with van der Waals surface area (Å²) >= 11 is 6.20.